The van der Waals surface area contributed by atoms with Crippen molar-refractivity contribution in [1.82, 2.24) is 15.7 Å². The van der Waals surface area contributed by atoms with Crippen molar-refractivity contribution in [3.05, 3.63) is 0 Å². The Morgan fingerprint density at radius 1 is 1.20 bits per heavy atom. The van der Waals surface area contributed by atoms with Gasteiger partial charge in [0.25, 0.3) is 0 Å². The van der Waals surface area contributed by atoms with E-state index in [2.05, 4.69) is 5.32 Å². The highest BCUT2D eigenvalue weighted by atomic mass is 16.5. The van der Waals surface area contributed by atoms with Crippen LogP contribution in [-0.4, -0.2) is 48.5 Å². The quantitative estimate of drug-likeness (QED) is 0.384. The van der Waals surface area contributed by atoms with Gasteiger partial charge < -0.3 is 10.2 Å². The van der Waals surface area contributed by atoms with Gasteiger partial charge in [0, 0.05) is 26.9 Å². The molecule has 0 heterocycles. The number of hydrogen-bond acceptors (Lipinski definition) is 4. The minimum atomic E-state index is -0.628. The SMILES string of the molecule is CNC(=O)CN(C)C(=O)CCC(=O)NO. The lowest BCUT2D eigenvalue weighted by Gasteiger charge is -2.15. The van der Waals surface area contributed by atoms with Gasteiger partial charge in [-0.3, -0.25) is 19.6 Å². The third-order valence-corrected chi connectivity index (χ3v) is 1.78. The van der Waals surface area contributed by atoms with Crippen molar-refractivity contribution in [2.75, 3.05) is 20.6 Å². The fourth-order valence-electron chi connectivity index (χ4n) is 0.850. The van der Waals surface area contributed by atoms with E-state index < -0.39 is 5.91 Å². The van der Waals surface area contributed by atoms with Gasteiger partial charge in [0.2, 0.25) is 17.7 Å². The topological polar surface area (TPSA) is 98.7 Å². The summed E-state index contributed by atoms with van der Waals surface area (Å²) < 4.78 is 0. The monoisotopic (exact) mass is 217 g/mol. The Morgan fingerprint density at radius 2 is 1.80 bits per heavy atom. The summed E-state index contributed by atoms with van der Waals surface area (Å²) >= 11 is 0. The number of nitrogens with zero attached hydrogens (tertiary/aromatic N) is 1. The Bertz CT molecular complexity index is 254. The molecule has 0 fully saturated rings. The molecular formula is C8H15N3O4. The number of hydrogen-bond donors (Lipinski definition) is 3. The Balaban J connectivity index is 3.89. The first-order valence-corrected chi connectivity index (χ1v) is 4.38. The van der Waals surface area contributed by atoms with Gasteiger partial charge in [-0.2, -0.15) is 0 Å². The number of rotatable bonds is 5. The molecule has 7 heteroatoms. The number of hydroxylamine groups is 1. The van der Waals surface area contributed by atoms with Gasteiger partial charge in [-0.25, -0.2) is 5.48 Å². The van der Waals surface area contributed by atoms with Crippen molar-refractivity contribution >= 4 is 17.7 Å². The average Bonchev–Trinajstić information content (AvgIpc) is 2.24. The Labute approximate surface area is 87.4 Å². The molecule has 7 nitrogen and oxygen atoms in total. The minimum absolute atomic E-state index is 0.0418. The standard InChI is InChI=1S/C8H15N3O4/c1-9-7(13)5-11(2)8(14)4-3-6(12)10-15/h15H,3-5H2,1-2H3,(H,9,13)(H,10,12). The van der Waals surface area contributed by atoms with E-state index in [1.807, 2.05) is 0 Å². The fourth-order valence-corrected chi connectivity index (χ4v) is 0.850. The lowest BCUT2D eigenvalue weighted by molar-refractivity contribution is -0.137. The van der Waals surface area contributed by atoms with Crippen LogP contribution in [0.4, 0.5) is 0 Å². The van der Waals surface area contributed by atoms with E-state index in [1.54, 1.807) is 0 Å². The van der Waals surface area contributed by atoms with E-state index in [0.29, 0.717) is 0 Å². The van der Waals surface area contributed by atoms with Crippen molar-refractivity contribution in [3.8, 4) is 0 Å². The second kappa shape index (κ2) is 6.77. The molecule has 0 atom stereocenters. The van der Waals surface area contributed by atoms with Crippen molar-refractivity contribution in [2.45, 2.75) is 12.8 Å². The van der Waals surface area contributed by atoms with Crippen molar-refractivity contribution < 1.29 is 19.6 Å². The van der Waals surface area contributed by atoms with Gasteiger partial charge in [0.05, 0.1) is 6.54 Å². The van der Waals surface area contributed by atoms with Crippen molar-refractivity contribution in [1.29, 1.82) is 0 Å². The van der Waals surface area contributed by atoms with Crippen LogP contribution in [0, 0.1) is 0 Å². The van der Waals surface area contributed by atoms with E-state index in [4.69, 9.17) is 5.21 Å². The molecule has 15 heavy (non-hydrogen) atoms. The molecule has 0 saturated carbocycles. The summed E-state index contributed by atoms with van der Waals surface area (Å²) in [5.41, 5.74) is 1.42. The third kappa shape index (κ3) is 5.63. The zero-order valence-corrected chi connectivity index (χ0v) is 8.74. The van der Waals surface area contributed by atoms with Gasteiger partial charge >= 0.3 is 0 Å². The van der Waals surface area contributed by atoms with Crippen molar-refractivity contribution in [2.24, 2.45) is 0 Å². The number of likely N-dealkylation sites (N-methyl/N-ethyl adjacent to an activating group) is 2. The molecule has 0 saturated heterocycles. The molecular weight excluding hydrogens is 202 g/mol. The van der Waals surface area contributed by atoms with Gasteiger partial charge in [-0.1, -0.05) is 0 Å². The first-order valence-electron chi connectivity index (χ1n) is 4.38. The predicted molar refractivity (Wildman–Crippen MR) is 50.9 cm³/mol. The van der Waals surface area contributed by atoms with E-state index in [9.17, 15) is 14.4 Å². The summed E-state index contributed by atoms with van der Waals surface area (Å²) in [5.74, 6) is -1.24. The van der Waals surface area contributed by atoms with Crippen LogP contribution in [0.1, 0.15) is 12.8 Å². The van der Waals surface area contributed by atoms with E-state index in [-0.39, 0.29) is 31.2 Å². The maximum absolute atomic E-state index is 11.3. The number of nitrogens with one attached hydrogen (secondary N) is 2. The molecule has 0 aromatic rings. The van der Waals surface area contributed by atoms with Gasteiger partial charge in [-0.15, -0.1) is 0 Å². The van der Waals surface area contributed by atoms with Gasteiger partial charge in [0.1, 0.15) is 0 Å². The van der Waals surface area contributed by atoms with Crippen LogP contribution in [0.3, 0.4) is 0 Å². The fraction of sp³-hybridized carbons (Fsp3) is 0.625. The highest BCUT2D eigenvalue weighted by Crippen LogP contribution is 1.95. The average molecular weight is 217 g/mol. The zero-order valence-electron chi connectivity index (χ0n) is 8.74. The van der Waals surface area contributed by atoms with Gasteiger partial charge in [0.15, 0.2) is 0 Å². The molecule has 0 radical (unpaired) electrons. The Morgan fingerprint density at radius 3 is 2.27 bits per heavy atom. The largest absolute Gasteiger partial charge is 0.358 e. The van der Waals surface area contributed by atoms with Gasteiger partial charge in [-0.05, 0) is 0 Å². The molecule has 86 valence electrons. The van der Waals surface area contributed by atoms with E-state index in [0.717, 1.165) is 0 Å². The second-order valence-electron chi connectivity index (χ2n) is 2.96. The molecule has 0 rings (SSSR count). The Hall–Kier alpha value is -1.63. The van der Waals surface area contributed by atoms with Crippen LogP contribution in [0.25, 0.3) is 0 Å². The van der Waals surface area contributed by atoms with E-state index in [1.165, 1.54) is 24.5 Å². The highest BCUT2D eigenvalue weighted by molar-refractivity contribution is 5.86. The molecule has 0 aliphatic rings. The van der Waals surface area contributed by atoms with Crippen LogP contribution in [0.5, 0.6) is 0 Å². The molecule has 0 spiro atoms. The summed E-state index contributed by atoms with van der Waals surface area (Å²) in [7, 11) is 2.94. The summed E-state index contributed by atoms with van der Waals surface area (Å²) in [6.07, 6.45) is -0.146. The second-order valence-corrected chi connectivity index (χ2v) is 2.96. The molecule has 0 aliphatic carbocycles. The van der Waals surface area contributed by atoms with E-state index >= 15 is 0 Å². The first kappa shape index (κ1) is 13.4. The maximum Gasteiger partial charge on any atom is 0.243 e. The zero-order chi connectivity index (χ0) is 11.8. The van der Waals surface area contributed by atoms with Crippen LogP contribution < -0.4 is 10.8 Å². The molecule has 0 unspecified atom stereocenters. The summed E-state index contributed by atoms with van der Waals surface area (Å²) in [6, 6.07) is 0. The maximum atomic E-state index is 11.3. The van der Waals surface area contributed by atoms with Crippen LogP contribution in [0.2, 0.25) is 0 Å². The molecule has 0 aromatic carbocycles. The molecule has 0 aliphatic heterocycles. The predicted octanol–water partition coefficient (Wildman–Crippen LogP) is -1.52. The normalized spacial score (nSPS) is 9.27. The highest BCUT2D eigenvalue weighted by Gasteiger charge is 2.13. The molecule has 0 aromatic heterocycles. The summed E-state index contributed by atoms with van der Waals surface area (Å²) in [5, 5.41) is 10.6. The molecule has 3 amide bonds. The minimum Gasteiger partial charge on any atom is -0.358 e. The van der Waals surface area contributed by atoms with Crippen LogP contribution >= 0.6 is 0 Å². The summed E-state index contributed by atoms with van der Waals surface area (Å²) in [6.45, 7) is -0.0456. The molecule has 0 bridgehead atoms. The number of amides is 3. The first-order chi connectivity index (χ1) is 7.01. The van der Waals surface area contributed by atoms with Crippen molar-refractivity contribution in [3.63, 3.8) is 0 Å². The number of carbonyl (C=O) groups is 3. The third-order valence-electron chi connectivity index (χ3n) is 1.78. The summed E-state index contributed by atoms with van der Waals surface area (Å²) in [4.78, 5) is 34.0. The van der Waals surface area contributed by atoms with Crippen LogP contribution in [-0.2, 0) is 14.4 Å². The molecule has 3 N–H and O–H groups in total. The lowest BCUT2D eigenvalue weighted by Crippen LogP contribution is -2.37. The Kier molecular flexibility index (Phi) is 6.03. The number of carbonyl (C=O) groups excluding carboxylic acids is 3. The van der Waals surface area contributed by atoms with Crippen LogP contribution in [0.15, 0.2) is 0 Å². The lowest BCUT2D eigenvalue weighted by atomic mass is 10.2. The smallest absolute Gasteiger partial charge is 0.243 e.